The highest BCUT2D eigenvalue weighted by Gasteiger charge is 2.40. The van der Waals surface area contributed by atoms with Gasteiger partial charge in [-0.2, -0.15) is 5.10 Å². The predicted molar refractivity (Wildman–Crippen MR) is 179 cm³/mol. The van der Waals surface area contributed by atoms with Crippen LogP contribution in [0.15, 0.2) is 73.1 Å². The predicted octanol–water partition coefficient (Wildman–Crippen LogP) is 7.66. The van der Waals surface area contributed by atoms with Crippen LogP contribution >= 0.6 is 0 Å². The van der Waals surface area contributed by atoms with Gasteiger partial charge in [-0.3, -0.25) is 9.48 Å². The molecule has 3 aromatic carbocycles. The average molecular weight is 703 g/mol. The molecule has 0 saturated heterocycles. The maximum atomic E-state index is 15.7. The summed E-state index contributed by atoms with van der Waals surface area (Å²) in [6.07, 6.45) is 2.62. The number of halogens is 4. The summed E-state index contributed by atoms with van der Waals surface area (Å²) in [6.45, 7) is 2.35. The zero-order valence-corrected chi connectivity index (χ0v) is 28.0. The quantitative estimate of drug-likeness (QED) is 0.181. The number of hydrogen-bond acceptors (Lipinski definition) is 6. The number of aromatic nitrogens is 6. The van der Waals surface area contributed by atoms with Crippen LogP contribution in [0.25, 0.3) is 22.3 Å². The molecule has 0 amide bonds. The van der Waals surface area contributed by atoms with Crippen molar-refractivity contribution in [3.05, 3.63) is 107 Å². The summed E-state index contributed by atoms with van der Waals surface area (Å²) in [7, 11) is 1.56. The monoisotopic (exact) mass is 702 g/mol. The van der Waals surface area contributed by atoms with Crippen LogP contribution in [-0.4, -0.2) is 53.1 Å². The smallest absolute Gasteiger partial charge is 0.306 e. The lowest BCUT2D eigenvalue weighted by atomic mass is 9.76. The van der Waals surface area contributed by atoms with Crippen molar-refractivity contribution in [3.8, 4) is 28.8 Å². The van der Waals surface area contributed by atoms with Crippen molar-refractivity contribution in [2.24, 2.45) is 13.0 Å². The number of carboxylic acids is 1. The van der Waals surface area contributed by atoms with Crippen molar-refractivity contribution < 1.29 is 36.9 Å². The van der Waals surface area contributed by atoms with Gasteiger partial charge in [0.05, 0.1) is 23.4 Å². The number of fused-ring (bicyclic) bond motifs is 10. The Morgan fingerprint density at radius 2 is 1.88 bits per heavy atom. The van der Waals surface area contributed by atoms with Crippen molar-refractivity contribution >= 4 is 16.9 Å². The van der Waals surface area contributed by atoms with Crippen molar-refractivity contribution in [3.63, 3.8) is 0 Å². The lowest BCUT2D eigenvalue weighted by molar-refractivity contribution is -0.141. The van der Waals surface area contributed by atoms with E-state index in [0.717, 1.165) is 0 Å². The van der Waals surface area contributed by atoms with Gasteiger partial charge in [-0.05, 0) is 55.2 Å². The molecule has 51 heavy (non-hydrogen) atoms. The maximum Gasteiger partial charge on any atom is 0.306 e. The normalized spacial score (nSPS) is 18.1. The van der Waals surface area contributed by atoms with Crippen LogP contribution in [0, 0.1) is 17.6 Å². The molecule has 3 aromatic heterocycles. The van der Waals surface area contributed by atoms with Gasteiger partial charge in [-0.15, -0.1) is 5.10 Å². The van der Waals surface area contributed by atoms with Gasteiger partial charge in [0.25, 0.3) is 5.92 Å². The number of aromatic amines is 1. The molecule has 2 atom stereocenters. The van der Waals surface area contributed by atoms with E-state index >= 15 is 17.6 Å². The topological polar surface area (TPSA) is 120 Å². The van der Waals surface area contributed by atoms with E-state index in [0.29, 0.717) is 27.6 Å². The Bertz CT molecular complexity index is 2260. The standard InChI is InChI=1S/C37H34F4N6O4/c1-21(34(48)49)15-22-5-4-6-23(16-22)36(2)11-12-37(40,41)20-50-31-10-14-47(44-31)19-27-25-9-13-42-30(25)18-29(39)32(27)51-24-7-8-28(38)26(17-24)33-43-35(36)45-46(33)3/h4-10,13-14,16-18,21,42H,11-12,15,19-20H2,1-3H3,(H,48,49)/t21-,36?/m0/s1. The number of aryl methyl sites for hydroxylation is 1. The fourth-order valence-electron chi connectivity index (χ4n) is 6.42. The number of hydrogen-bond donors (Lipinski definition) is 2. The van der Waals surface area contributed by atoms with E-state index in [-0.39, 0.29) is 54.0 Å². The van der Waals surface area contributed by atoms with Gasteiger partial charge in [-0.25, -0.2) is 27.2 Å². The molecule has 0 saturated carbocycles. The van der Waals surface area contributed by atoms with Gasteiger partial charge in [0.15, 0.2) is 29.8 Å². The van der Waals surface area contributed by atoms with E-state index in [4.69, 9.17) is 14.5 Å². The number of alkyl halides is 2. The van der Waals surface area contributed by atoms with Crippen molar-refractivity contribution in [1.82, 2.24) is 29.5 Å². The molecular formula is C37H34F4N6O4. The summed E-state index contributed by atoms with van der Waals surface area (Å²) in [6, 6.07) is 15.5. The van der Waals surface area contributed by atoms with Crippen molar-refractivity contribution in [1.29, 1.82) is 0 Å². The molecule has 264 valence electrons. The minimum absolute atomic E-state index is 0.00169. The second kappa shape index (κ2) is 12.9. The number of H-pyrrole nitrogens is 1. The fourth-order valence-corrected chi connectivity index (χ4v) is 6.42. The molecule has 4 heterocycles. The second-order valence-corrected chi connectivity index (χ2v) is 13.2. The van der Waals surface area contributed by atoms with Crippen LogP contribution < -0.4 is 9.47 Å². The molecule has 0 aliphatic carbocycles. The third kappa shape index (κ3) is 6.65. The average Bonchev–Trinajstić information content (AvgIpc) is 3.85. The lowest BCUT2D eigenvalue weighted by Gasteiger charge is -2.30. The van der Waals surface area contributed by atoms with Gasteiger partial charge in [0.2, 0.25) is 5.88 Å². The zero-order valence-electron chi connectivity index (χ0n) is 28.0. The minimum Gasteiger partial charge on any atom is -0.481 e. The van der Waals surface area contributed by atoms with Crippen LogP contribution in [0.2, 0.25) is 0 Å². The Morgan fingerprint density at radius 3 is 2.69 bits per heavy atom. The Balaban J connectivity index is 1.37. The van der Waals surface area contributed by atoms with Crippen molar-refractivity contribution in [2.75, 3.05) is 6.61 Å². The molecule has 0 fully saturated rings. The van der Waals surface area contributed by atoms with E-state index in [1.54, 1.807) is 57.4 Å². The molecule has 6 aromatic rings. The van der Waals surface area contributed by atoms with Gasteiger partial charge < -0.3 is 19.6 Å². The number of nitrogens with zero attached hydrogens (tertiary/aromatic N) is 5. The zero-order chi connectivity index (χ0) is 36.1. The minimum atomic E-state index is -3.32. The maximum absolute atomic E-state index is 15.7. The number of rotatable bonds is 4. The summed E-state index contributed by atoms with van der Waals surface area (Å²) in [5, 5.41) is 19.1. The van der Waals surface area contributed by atoms with Crippen LogP contribution in [-0.2, 0) is 30.2 Å². The molecule has 2 N–H and O–H groups in total. The number of nitrogens with one attached hydrogen (secondary N) is 1. The lowest BCUT2D eigenvalue weighted by Crippen LogP contribution is -2.32. The van der Waals surface area contributed by atoms with E-state index in [1.165, 1.54) is 45.9 Å². The first-order valence-corrected chi connectivity index (χ1v) is 16.3. The molecule has 0 spiro atoms. The molecule has 0 radical (unpaired) electrons. The van der Waals surface area contributed by atoms with Gasteiger partial charge in [-0.1, -0.05) is 31.2 Å². The summed E-state index contributed by atoms with van der Waals surface area (Å²) in [4.78, 5) is 19.3. The number of ether oxygens (including phenoxy) is 2. The van der Waals surface area contributed by atoms with E-state index < -0.39 is 47.9 Å². The Morgan fingerprint density at radius 1 is 1.06 bits per heavy atom. The number of carboxylic acid groups (broad SMARTS) is 1. The van der Waals surface area contributed by atoms with Crippen LogP contribution in [0.1, 0.15) is 49.2 Å². The molecule has 1 aliphatic rings. The van der Waals surface area contributed by atoms with Gasteiger partial charge in [0.1, 0.15) is 11.6 Å². The molecule has 10 nitrogen and oxygen atoms in total. The highest BCUT2D eigenvalue weighted by Crippen LogP contribution is 2.41. The van der Waals surface area contributed by atoms with Crippen LogP contribution in [0.4, 0.5) is 17.6 Å². The first-order chi connectivity index (χ1) is 24.3. The summed E-state index contributed by atoms with van der Waals surface area (Å²) in [5.41, 5.74) is 0.956. The van der Waals surface area contributed by atoms with Crippen molar-refractivity contribution in [2.45, 2.75) is 51.0 Å². The SMILES string of the molecule is C[C@@H](Cc1cccc(C2(C)CCC(F)(F)COc3ccn(n3)Cc3c(c(F)cc4[nH]ccc34)Oc3ccc(F)c(c3)-c3nc2nn3C)c1)C(=O)O. The third-order valence-corrected chi connectivity index (χ3v) is 9.41. The van der Waals surface area contributed by atoms with Gasteiger partial charge in [0, 0.05) is 54.5 Å². The largest absolute Gasteiger partial charge is 0.481 e. The molecule has 6 bridgehead atoms. The van der Waals surface area contributed by atoms with Crippen LogP contribution in [0.5, 0.6) is 17.4 Å². The Kier molecular flexibility index (Phi) is 8.56. The fraction of sp³-hybridized carbons (Fsp3) is 0.297. The summed E-state index contributed by atoms with van der Waals surface area (Å²) < 4.78 is 76.9. The first kappa shape index (κ1) is 33.8. The number of benzene rings is 3. The second-order valence-electron chi connectivity index (χ2n) is 13.2. The Labute approximate surface area is 289 Å². The van der Waals surface area contributed by atoms with Gasteiger partial charge >= 0.3 is 5.97 Å². The number of aliphatic carboxylic acids is 1. The summed E-state index contributed by atoms with van der Waals surface area (Å²) >= 11 is 0. The molecule has 7 rings (SSSR count). The third-order valence-electron chi connectivity index (χ3n) is 9.41. The van der Waals surface area contributed by atoms with E-state index in [1.807, 2.05) is 0 Å². The highest BCUT2D eigenvalue weighted by atomic mass is 19.3. The first-order valence-electron chi connectivity index (χ1n) is 16.3. The Hall–Kier alpha value is -5.66. The molecule has 1 unspecified atom stereocenters. The summed E-state index contributed by atoms with van der Waals surface area (Å²) in [5.74, 6) is -6.10. The molecule has 1 aliphatic heterocycles. The number of carbonyl (C=O) groups is 1. The van der Waals surface area contributed by atoms with Crippen LogP contribution in [0.3, 0.4) is 0 Å². The highest BCUT2D eigenvalue weighted by molar-refractivity contribution is 5.85. The molecular weight excluding hydrogens is 668 g/mol. The van der Waals surface area contributed by atoms with E-state index in [9.17, 15) is 9.90 Å². The van der Waals surface area contributed by atoms with E-state index in [2.05, 4.69) is 15.2 Å². The molecule has 14 heteroatoms.